The van der Waals surface area contributed by atoms with E-state index < -0.39 is 35.7 Å². The monoisotopic (exact) mass is 549 g/mol. The number of nitrogens with zero attached hydrogens (tertiary/aromatic N) is 1. The first-order chi connectivity index (χ1) is 18.9. The van der Waals surface area contributed by atoms with E-state index in [2.05, 4.69) is 29.6 Å². The molecule has 3 amide bonds. The Morgan fingerprint density at radius 1 is 0.925 bits per heavy atom. The van der Waals surface area contributed by atoms with Gasteiger partial charge in [-0.1, -0.05) is 80.6 Å². The van der Waals surface area contributed by atoms with E-state index in [1.54, 1.807) is 26.3 Å². The Morgan fingerprint density at radius 3 is 2.20 bits per heavy atom. The SMILES string of the molecule is CC(C)CN(CC(O)C(=O)OC(C)(C)C)C(=O)N[C@@H](Cc1ccc(-c2cccc3ccccc23)cc1)C(=O)NO. The fraction of sp³-hybridized carbons (Fsp3) is 0.387. The molecule has 2 atom stereocenters. The van der Waals surface area contributed by atoms with Crippen LogP contribution in [-0.2, 0) is 20.7 Å². The van der Waals surface area contributed by atoms with Crippen LogP contribution in [0.5, 0.6) is 0 Å². The average molecular weight is 550 g/mol. The maximum absolute atomic E-state index is 13.2. The molecule has 0 spiro atoms. The summed E-state index contributed by atoms with van der Waals surface area (Å²) in [5.41, 5.74) is 3.67. The molecule has 214 valence electrons. The van der Waals surface area contributed by atoms with Crippen molar-refractivity contribution < 1.29 is 29.4 Å². The van der Waals surface area contributed by atoms with Gasteiger partial charge in [-0.15, -0.1) is 0 Å². The van der Waals surface area contributed by atoms with Crippen molar-refractivity contribution >= 4 is 28.7 Å². The normalized spacial score (nSPS) is 13.0. The van der Waals surface area contributed by atoms with Gasteiger partial charge in [-0.25, -0.2) is 15.1 Å². The van der Waals surface area contributed by atoms with E-state index in [0.29, 0.717) is 0 Å². The van der Waals surface area contributed by atoms with E-state index >= 15 is 0 Å². The van der Waals surface area contributed by atoms with Crippen LogP contribution in [0.3, 0.4) is 0 Å². The molecule has 9 heteroatoms. The summed E-state index contributed by atoms with van der Waals surface area (Å²) in [5, 5.41) is 24.6. The van der Waals surface area contributed by atoms with Gasteiger partial charge in [0.25, 0.3) is 5.91 Å². The highest BCUT2D eigenvalue weighted by molar-refractivity contribution is 5.96. The van der Waals surface area contributed by atoms with Crippen LogP contribution < -0.4 is 10.8 Å². The number of carbonyl (C=O) groups excluding carboxylic acids is 3. The molecule has 9 nitrogen and oxygen atoms in total. The maximum Gasteiger partial charge on any atom is 0.337 e. The third-order valence-corrected chi connectivity index (χ3v) is 6.16. The summed E-state index contributed by atoms with van der Waals surface area (Å²) >= 11 is 0. The molecule has 0 heterocycles. The van der Waals surface area contributed by atoms with E-state index in [1.807, 2.05) is 56.3 Å². The Bertz CT molecular complexity index is 1310. The minimum atomic E-state index is -1.56. The van der Waals surface area contributed by atoms with Crippen molar-refractivity contribution in [3.63, 3.8) is 0 Å². The standard InChI is InChI=1S/C31H39N3O6/c1-20(2)18-34(19-27(35)29(37)40-31(3,4)5)30(38)32-26(28(36)33-39)17-21-13-15-23(16-14-21)25-12-8-10-22-9-6-7-11-24(22)25/h6-16,20,26-27,35,39H,17-19H2,1-5H3,(H,32,38)(H,33,36)/t26-,27?/m0/s1. The van der Waals surface area contributed by atoms with E-state index in [9.17, 15) is 24.7 Å². The molecule has 40 heavy (non-hydrogen) atoms. The van der Waals surface area contributed by atoms with E-state index in [4.69, 9.17) is 4.74 Å². The predicted octanol–water partition coefficient (Wildman–Crippen LogP) is 4.29. The first kappa shape index (κ1) is 30.6. The van der Waals surface area contributed by atoms with Crippen LogP contribution >= 0.6 is 0 Å². The molecule has 0 aliphatic rings. The van der Waals surface area contributed by atoms with Crippen LogP contribution in [0.1, 0.15) is 40.2 Å². The number of benzene rings is 3. The Kier molecular flexibility index (Phi) is 10.3. The third kappa shape index (κ3) is 8.53. The van der Waals surface area contributed by atoms with Crippen LogP contribution in [0.25, 0.3) is 21.9 Å². The number of urea groups is 1. The quantitative estimate of drug-likeness (QED) is 0.170. The number of ether oxygens (including phenoxy) is 1. The van der Waals surface area contributed by atoms with Gasteiger partial charge in [0.05, 0.1) is 6.54 Å². The van der Waals surface area contributed by atoms with Crippen molar-refractivity contribution in [1.29, 1.82) is 0 Å². The lowest BCUT2D eigenvalue weighted by Gasteiger charge is -2.29. The van der Waals surface area contributed by atoms with Crippen molar-refractivity contribution in [2.45, 2.75) is 58.8 Å². The van der Waals surface area contributed by atoms with Crippen LogP contribution in [0, 0.1) is 5.92 Å². The molecule has 4 N–H and O–H groups in total. The Morgan fingerprint density at radius 2 is 1.57 bits per heavy atom. The lowest BCUT2D eigenvalue weighted by molar-refractivity contribution is -0.165. The summed E-state index contributed by atoms with van der Waals surface area (Å²) in [4.78, 5) is 39.3. The number of fused-ring (bicyclic) bond motifs is 1. The Hall–Kier alpha value is -3.95. The van der Waals surface area contributed by atoms with Crippen molar-refractivity contribution in [3.05, 3.63) is 72.3 Å². The minimum Gasteiger partial charge on any atom is -0.458 e. The molecule has 0 aliphatic carbocycles. The molecule has 0 saturated carbocycles. The van der Waals surface area contributed by atoms with Crippen molar-refractivity contribution in [3.8, 4) is 11.1 Å². The van der Waals surface area contributed by atoms with E-state index in [1.165, 1.54) is 4.90 Å². The molecule has 3 aromatic rings. The molecular formula is C31H39N3O6. The molecule has 0 saturated heterocycles. The number of amides is 3. The topological polar surface area (TPSA) is 128 Å². The van der Waals surface area contributed by atoms with Gasteiger partial charge in [-0.3, -0.25) is 10.0 Å². The summed E-state index contributed by atoms with van der Waals surface area (Å²) in [6.45, 7) is 8.73. The zero-order valence-corrected chi connectivity index (χ0v) is 23.7. The van der Waals surface area contributed by atoms with Gasteiger partial charge in [0.15, 0.2) is 6.10 Å². The lowest BCUT2D eigenvalue weighted by Crippen LogP contribution is -2.54. The first-order valence-corrected chi connectivity index (χ1v) is 13.4. The summed E-state index contributed by atoms with van der Waals surface area (Å²) in [6, 6.07) is 20.1. The minimum absolute atomic E-state index is 0.0170. The van der Waals surface area contributed by atoms with Crippen LogP contribution in [0.15, 0.2) is 66.7 Å². The zero-order chi connectivity index (χ0) is 29.4. The van der Waals surface area contributed by atoms with Gasteiger partial charge in [-0.2, -0.15) is 0 Å². The fourth-order valence-corrected chi connectivity index (χ4v) is 4.39. The fourth-order valence-electron chi connectivity index (χ4n) is 4.39. The summed E-state index contributed by atoms with van der Waals surface area (Å²) in [6.07, 6.45) is -1.45. The number of aliphatic hydroxyl groups is 1. The highest BCUT2D eigenvalue weighted by Crippen LogP contribution is 2.28. The maximum atomic E-state index is 13.2. The summed E-state index contributed by atoms with van der Waals surface area (Å²) in [7, 11) is 0. The molecule has 3 rings (SSSR count). The van der Waals surface area contributed by atoms with Crippen molar-refractivity contribution in [1.82, 2.24) is 15.7 Å². The largest absolute Gasteiger partial charge is 0.458 e. The van der Waals surface area contributed by atoms with Gasteiger partial charge in [0.1, 0.15) is 11.6 Å². The molecule has 3 aromatic carbocycles. The highest BCUT2D eigenvalue weighted by Gasteiger charge is 2.29. The molecule has 0 radical (unpaired) electrons. The number of rotatable bonds is 10. The molecule has 0 aliphatic heterocycles. The lowest BCUT2D eigenvalue weighted by atomic mass is 9.96. The highest BCUT2D eigenvalue weighted by atomic mass is 16.6. The van der Waals surface area contributed by atoms with Gasteiger partial charge < -0.3 is 20.1 Å². The van der Waals surface area contributed by atoms with Crippen LogP contribution in [0.2, 0.25) is 0 Å². The van der Waals surface area contributed by atoms with Crippen LogP contribution in [0.4, 0.5) is 4.79 Å². The van der Waals surface area contributed by atoms with E-state index in [-0.39, 0.29) is 25.4 Å². The van der Waals surface area contributed by atoms with E-state index in [0.717, 1.165) is 27.5 Å². The number of esters is 1. The number of hydrogen-bond acceptors (Lipinski definition) is 6. The average Bonchev–Trinajstić information content (AvgIpc) is 2.90. The smallest absolute Gasteiger partial charge is 0.337 e. The van der Waals surface area contributed by atoms with Crippen molar-refractivity contribution in [2.24, 2.45) is 5.92 Å². The first-order valence-electron chi connectivity index (χ1n) is 13.4. The second-order valence-electron chi connectivity index (χ2n) is 11.3. The second-order valence-corrected chi connectivity index (χ2v) is 11.3. The second kappa shape index (κ2) is 13.4. The Labute approximate surface area is 235 Å². The van der Waals surface area contributed by atoms with Gasteiger partial charge >= 0.3 is 12.0 Å². The molecule has 0 bridgehead atoms. The Balaban J connectivity index is 1.75. The third-order valence-electron chi connectivity index (χ3n) is 6.16. The predicted molar refractivity (Wildman–Crippen MR) is 154 cm³/mol. The van der Waals surface area contributed by atoms with Gasteiger partial charge in [-0.05, 0) is 54.2 Å². The summed E-state index contributed by atoms with van der Waals surface area (Å²) in [5.74, 6) is -1.61. The van der Waals surface area contributed by atoms with Gasteiger partial charge in [0.2, 0.25) is 0 Å². The number of hydroxylamine groups is 1. The number of aliphatic hydroxyl groups excluding tert-OH is 1. The molecular weight excluding hydrogens is 510 g/mol. The number of nitrogens with one attached hydrogen (secondary N) is 2. The van der Waals surface area contributed by atoms with Crippen LogP contribution in [-0.4, -0.2) is 64.0 Å². The number of hydrogen-bond donors (Lipinski definition) is 4. The molecule has 1 unspecified atom stereocenters. The molecule has 0 fully saturated rings. The zero-order valence-electron chi connectivity index (χ0n) is 23.7. The van der Waals surface area contributed by atoms with Crippen molar-refractivity contribution in [2.75, 3.05) is 13.1 Å². The molecule has 0 aromatic heterocycles. The van der Waals surface area contributed by atoms with Gasteiger partial charge in [0, 0.05) is 13.0 Å². The summed E-state index contributed by atoms with van der Waals surface area (Å²) < 4.78 is 5.22. The number of carbonyl (C=O) groups is 3.